The van der Waals surface area contributed by atoms with Crippen LogP contribution in [0.4, 0.5) is 5.69 Å². The quantitative estimate of drug-likeness (QED) is 0.290. The monoisotopic (exact) mass is 643 g/mol. The maximum atomic E-state index is 14.1. The van der Waals surface area contributed by atoms with Gasteiger partial charge in [0.15, 0.2) is 0 Å². The molecular formula is C31H38BrN3O5S. The molecule has 220 valence electrons. The molecule has 0 fully saturated rings. The number of ether oxygens (including phenoxy) is 1. The molecule has 10 heteroatoms. The van der Waals surface area contributed by atoms with Crippen LogP contribution in [0, 0.1) is 6.92 Å². The number of hydrogen-bond donors (Lipinski definition) is 1. The number of nitrogens with one attached hydrogen (secondary N) is 1. The molecule has 3 rings (SSSR count). The number of carbonyl (C=O) groups excluding carboxylic acids is 2. The topological polar surface area (TPSA) is 96.0 Å². The number of benzene rings is 3. The lowest BCUT2D eigenvalue weighted by Crippen LogP contribution is -2.55. The summed E-state index contributed by atoms with van der Waals surface area (Å²) in [7, 11) is -2.70. The zero-order valence-corrected chi connectivity index (χ0v) is 26.8. The van der Waals surface area contributed by atoms with Crippen molar-refractivity contribution in [2.75, 3.05) is 18.0 Å². The molecule has 0 radical (unpaired) electrons. The van der Waals surface area contributed by atoms with E-state index in [1.807, 2.05) is 65.0 Å². The third-order valence-corrected chi connectivity index (χ3v) is 8.78. The summed E-state index contributed by atoms with van der Waals surface area (Å²) in [4.78, 5) is 29.0. The summed E-state index contributed by atoms with van der Waals surface area (Å²) in [6.45, 7) is 9.00. The van der Waals surface area contributed by atoms with E-state index in [4.69, 9.17) is 4.74 Å². The third kappa shape index (κ3) is 8.33. The van der Waals surface area contributed by atoms with Gasteiger partial charge in [0.25, 0.3) is 10.0 Å². The average Bonchev–Trinajstić information content (AvgIpc) is 2.91. The summed E-state index contributed by atoms with van der Waals surface area (Å²) < 4.78 is 34.9. The molecule has 0 unspecified atom stereocenters. The van der Waals surface area contributed by atoms with Gasteiger partial charge in [0.1, 0.15) is 18.3 Å². The molecular weight excluding hydrogens is 606 g/mol. The molecule has 41 heavy (non-hydrogen) atoms. The molecule has 0 saturated heterocycles. The van der Waals surface area contributed by atoms with Crippen molar-refractivity contribution in [1.29, 1.82) is 0 Å². The van der Waals surface area contributed by atoms with Crippen molar-refractivity contribution < 1.29 is 22.7 Å². The highest BCUT2D eigenvalue weighted by Crippen LogP contribution is 2.31. The van der Waals surface area contributed by atoms with E-state index in [0.29, 0.717) is 22.3 Å². The third-order valence-electron chi connectivity index (χ3n) is 6.39. The summed E-state index contributed by atoms with van der Waals surface area (Å²) in [5, 5.41) is 2.97. The van der Waals surface area contributed by atoms with Gasteiger partial charge in [-0.2, -0.15) is 0 Å². The van der Waals surface area contributed by atoms with Crippen LogP contribution in [0.5, 0.6) is 5.75 Å². The lowest BCUT2D eigenvalue weighted by Gasteiger charge is -2.34. The maximum absolute atomic E-state index is 14.1. The molecule has 3 aromatic rings. The van der Waals surface area contributed by atoms with Crippen LogP contribution in [0.3, 0.4) is 0 Å². The summed E-state index contributed by atoms with van der Waals surface area (Å²) >= 11 is 3.37. The summed E-state index contributed by atoms with van der Waals surface area (Å²) in [5.74, 6) is -0.318. The van der Waals surface area contributed by atoms with Crippen LogP contribution >= 0.6 is 15.9 Å². The Labute approximate surface area is 251 Å². The van der Waals surface area contributed by atoms with Gasteiger partial charge >= 0.3 is 0 Å². The van der Waals surface area contributed by atoms with Gasteiger partial charge in [0, 0.05) is 12.1 Å². The Balaban J connectivity index is 2.08. The lowest BCUT2D eigenvalue weighted by molar-refractivity contribution is -0.141. The number of anilines is 1. The number of halogens is 1. The van der Waals surface area contributed by atoms with Gasteiger partial charge in [-0.3, -0.25) is 13.9 Å². The molecule has 8 nitrogen and oxygen atoms in total. The second kappa shape index (κ2) is 13.5. The van der Waals surface area contributed by atoms with E-state index in [9.17, 15) is 18.0 Å². The van der Waals surface area contributed by atoms with E-state index in [1.165, 1.54) is 24.1 Å². The highest BCUT2D eigenvalue weighted by Gasteiger charge is 2.34. The van der Waals surface area contributed by atoms with E-state index in [1.54, 1.807) is 30.3 Å². The van der Waals surface area contributed by atoms with Crippen LogP contribution in [0.15, 0.2) is 82.2 Å². The Morgan fingerprint density at radius 2 is 1.63 bits per heavy atom. The fourth-order valence-corrected chi connectivity index (χ4v) is 6.46. The van der Waals surface area contributed by atoms with Crippen LogP contribution in [0.25, 0.3) is 0 Å². The van der Waals surface area contributed by atoms with Crippen molar-refractivity contribution in [1.82, 2.24) is 10.2 Å². The smallest absolute Gasteiger partial charge is 0.264 e. The summed E-state index contributed by atoms with van der Waals surface area (Å²) in [6.07, 6.45) is 0.350. The van der Waals surface area contributed by atoms with Crippen LogP contribution in [0.2, 0.25) is 0 Å². The summed E-state index contributed by atoms with van der Waals surface area (Å²) in [5.41, 5.74) is 1.60. The van der Waals surface area contributed by atoms with E-state index in [-0.39, 0.29) is 17.3 Å². The Hall–Kier alpha value is -3.37. The molecule has 0 aliphatic heterocycles. The average molecular weight is 645 g/mol. The van der Waals surface area contributed by atoms with Crippen LogP contribution in [-0.2, 0) is 26.2 Å². The highest BCUT2D eigenvalue weighted by molar-refractivity contribution is 9.10. The minimum atomic E-state index is -4.20. The Morgan fingerprint density at radius 1 is 1.00 bits per heavy atom. The Morgan fingerprint density at radius 3 is 2.17 bits per heavy atom. The fourth-order valence-electron chi connectivity index (χ4n) is 4.33. The fraction of sp³-hybridized carbons (Fsp3) is 0.355. The van der Waals surface area contributed by atoms with Crippen LogP contribution < -0.4 is 14.4 Å². The molecule has 1 atom stereocenters. The molecule has 0 aromatic heterocycles. The van der Waals surface area contributed by atoms with E-state index < -0.39 is 34.1 Å². The number of methoxy groups -OCH3 is 1. The molecule has 1 N–H and O–H groups in total. The largest absolute Gasteiger partial charge is 0.496 e. The van der Waals surface area contributed by atoms with Gasteiger partial charge in [-0.25, -0.2) is 8.42 Å². The predicted octanol–water partition coefficient (Wildman–Crippen LogP) is 5.68. The van der Waals surface area contributed by atoms with Gasteiger partial charge in [-0.15, -0.1) is 0 Å². The first-order valence-electron chi connectivity index (χ1n) is 13.3. The number of amides is 2. The van der Waals surface area contributed by atoms with Gasteiger partial charge in [-0.05, 0) is 85.9 Å². The van der Waals surface area contributed by atoms with Gasteiger partial charge in [-0.1, -0.05) is 55.0 Å². The number of sulfonamides is 1. The molecule has 3 aromatic carbocycles. The molecule has 0 saturated carbocycles. The number of nitrogens with zero attached hydrogens (tertiary/aromatic N) is 2. The zero-order valence-electron chi connectivity index (χ0n) is 24.3. The minimum absolute atomic E-state index is 0.00863. The molecule has 0 bridgehead atoms. The second-order valence-electron chi connectivity index (χ2n) is 10.8. The minimum Gasteiger partial charge on any atom is -0.496 e. The van der Waals surface area contributed by atoms with Crippen LogP contribution in [0.1, 0.15) is 45.2 Å². The maximum Gasteiger partial charge on any atom is 0.264 e. The van der Waals surface area contributed by atoms with E-state index in [0.717, 1.165) is 15.4 Å². The standard InChI is InChI=1S/C31H38BrN3O5S/c1-7-27(30(37)33-31(3,4)5)34(20-23-11-9-8-10-12-23)29(36)21-35(24-15-13-22(2)14-16-24)41(38,39)25-17-18-28(40-6)26(32)19-25/h8-19,27H,7,20-21H2,1-6H3,(H,33,37)/t27-/m1/s1. The van der Waals surface area contributed by atoms with Crippen LogP contribution in [-0.4, -0.2) is 50.4 Å². The Bertz CT molecular complexity index is 1460. The zero-order chi connectivity index (χ0) is 30.4. The van der Waals surface area contributed by atoms with Crippen molar-refractivity contribution in [3.63, 3.8) is 0 Å². The van der Waals surface area contributed by atoms with Crippen molar-refractivity contribution in [3.05, 3.63) is 88.4 Å². The number of hydrogen-bond acceptors (Lipinski definition) is 5. The van der Waals surface area contributed by atoms with Gasteiger partial charge < -0.3 is 15.0 Å². The van der Waals surface area contributed by atoms with Crippen molar-refractivity contribution in [2.24, 2.45) is 0 Å². The molecule has 0 aliphatic carbocycles. The molecule has 0 heterocycles. The van der Waals surface area contributed by atoms with E-state index in [2.05, 4.69) is 21.2 Å². The first kappa shape index (κ1) is 32.1. The summed E-state index contributed by atoms with van der Waals surface area (Å²) in [6, 6.07) is 19.9. The molecule has 2 amide bonds. The predicted molar refractivity (Wildman–Crippen MR) is 165 cm³/mol. The number of rotatable bonds is 11. The first-order valence-corrected chi connectivity index (χ1v) is 15.6. The van der Waals surface area contributed by atoms with Crippen molar-refractivity contribution in [2.45, 2.75) is 64.1 Å². The SMILES string of the molecule is CC[C@H](C(=O)NC(C)(C)C)N(Cc1ccccc1)C(=O)CN(c1ccc(C)cc1)S(=O)(=O)c1ccc(OC)c(Br)c1. The van der Waals surface area contributed by atoms with E-state index >= 15 is 0 Å². The Kier molecular flexibility index (Phi) is 10.6. The van der Waals surface area contributed by atoms with Crippen molar-refractivity contribution in [3.8, 4) is 5.75 Å². The number of aryl methyl sites for hydroxylation is 1. The lowest BCUT2D eigenvalue weighted by atomic mass is 10.1. The van der Waals surface area contributed by atoms with Gasteiger partial charge in [0.05, 0.1) is 22.2 Å². The number of carbonyl (C=O) groups is 2. The highest BCUT2D eigenvalue weighted by atomic mass is 79.9. The molecule has 0 aliphatic rings. The normalized spacial score (nSPS) is 12.4. The molecule has 0 spiro atoms. The first-order chi connectivity index (χ1) is 19.3. The van der Waals surface area contributed by atoms with Gasteiger partial charge in [0.2, 0.25) is 11.8 Å². The van der Waals surface area contributed by atoms with Crippen molar-refractivity contribution >= 4 is 43.5 Å². The second-order valence-corrected chi connectivity index (χ2v) is 13.5.